The molecule has 0 aromatic carbocycles. The van der Waals surface area contributed by atoms with Crippen LogP contribution in [-0.2, 0) is 6.42 Å². The van der Waals surface area contributed by atoms with Gasteiger partial charge in [-0.25, -0.2) is 0 Å². The minimum Gasteiger partial charge on any atom is -0.366 e. The summed E-state index contributed by atoms with van der Waals surface area (Å²) in [5.74, 6) is 0.184. The molecule has 4 heteroatoms. The molecule has 106 valence electrons. The number of fused-ring (bicyclic) bond motifs is 1. The van der Waals surface area contributed by atoms with E-state index in [1.54, 1.807) is 11.3 Å². The minimum absolute atomic E-state index is 0.184. The number of hydrogen-bond donors (Lipinski definition) is 0. The van der Waals surface area contributed by atoms with Gasteiger partial charge in [0.05, 0.1) is 9.88 Å². The SMILES string of the molecule is CCN(C(=O)c1cc2c(s1)N(C)CCCC2)C(C)C. The molecular formula is C15H24N2OS. The predicted molar refractivity (Wildman–Crippen MR) is 82.4 cm³/mol. The molecule has 3 nitrogen and oxygen atoms in total. The lowest BCUT2D eigenvalue weighted by Gasteiger charge is -2.24. The molecule has 1 aliphatic rings. The number of amides is 1. The van der Waals surface area contributed by atoms with Crippen molar-refractivity contribution in [3.63, 3.8) is 0 Å². The molecule has 0 spiro atoms. The molecule has 19 heavy (non-hydrogen) atoms. The quantitative estimate of drug-likeness (QED) is 0.847. The number of rotatable bonds is 3. The van der Waals surface area contributed by atoms with E-state index in [2.05, 4.69) is 31.9 Å². The van der Waals surface area contributed by atoms with Gasteiger partial charge in [0.15, 0.2) is 0 Å². The predicted octanol–water partition coefficient (Wildman–Crippen LogP) is 3.39. The first-order valence-corrected chi connectivity index (χ1v) is 8.01. The molecule has 0 unspecified atom stereocenters. The molecule has 0 aliphatic carbocycles. The molecule has 0 saturated heterocycles. The van der Waals surface area contributed by atoms with Crippen LogP contribution in [0, 0.1) is 0 Å². The Morgan fingerprint density at radius 1 is 1.47 bits per heavy atom. The Hall–Kier alpha value is -1.03. The molecular weight excluding hydrogens is 256 g/mol. The van der Waals surface area contributed by atoms with Crippen LogP contribution in [0.1, 0.15) is 48.8 Å². The molecule has 0 bridgehead atoms. The van der Waals surface area contributed by atoms with Crippen molar-refractivity contribution in [2.45, 2.75) is 46.1 Å². The zero-order chi connectivity index (χ0) is 14.0. The van der Waals surface area contributed by atoms with Crippen molar-refractivity contribution in [2.24, 2.45) is 0 Å². The highest BCUT2D eigenvalue weighted by molar-refractivity contribution is 7.18. The number of thiophene rings is 1. The summed E-state index contributed by atoms with van der Waals surface area (Å²) < 4.78 is 0. The molecule has 0 atom stereocenters. The third-order valence-electron chi connectivity index (χ3n) is 3.76. The number of carbonyl (C=O) groups is 1. The Kier molecular flexibility index (Phi) is 4.50. The van der Waals surface area contributed by atoms with Crippen LogP contribution in [0.25, 0.3) is 0 Å². The summed E-state index contributed by atoms with van der Waals surface area (Å²) in [6.07, 6.45) is 3.58. The molecule has 2 rings (SSSR count). The number of carbonyl (C=O) groups excluding carboxylic acids is 1. The maximum absolute atomic E-state index is 12.5. The van der Waals surface area contributed by atoms with Crippen LogP contribution in [0.2, 0.25) is 0 Å². The smallest absolute Gasteiger partial charge is 0.264 e. The highest BCUT2D eigenvalue weighted by atomic mass is 32.1. The van der Waals surface area contributed by atoms with Crippen LogP contribution in [0.15, 0.2) is 6.07 Å². The van der Waals surface area contributed by atoms with Crippen molar-refractivity contribution >= 4 is 22.2 Å². The topological polar surface area (TPSA) is 23.6 Å². The third kappa shape index (κ3) is 2.94. The Bertz CT molecular complexity index is 453. The number of nitrogens with zero attached hydrogens (tertiary/aromatic N) is 2. The highest BCUT2D eigenvalue weighted by Gasteiger charge is 2.23. The molecule has 1 aromatic rings. The highest BCUT2D eigenvalue weighted by Crippen LogP contribution is 2.35. The standard InChI is InChI=1S/C15H24N2OS/c1-5-17(11(2)3)14(18)13-10-12-8-6-7-9-16(4)15(12)19-13/h10-11H,5-9H2,1-4H3. The summed E-state index contributed by atoms with van der Waals surface area (Å²) in [7, 11) is 2.13. The summed E-state index contributed by atoms with van der Waals surface area (Å²) in [6.45, 7) is 8.07. The van der Waals surface area contributed by atoms with Gasteiger partial charge in [0, 0.05) is 26.2 Å². The normalized spacial score (nSPS) is 15.3. The average molecular weight is 280 g/mol. The molecule has 1 amide bonds. The van der Waals surface area contributed by atoms with Crippen LogP contribution in [0.3, 0.4) is 0 Å². The molecule has 0 radical (unpaired) electrons. The third-order valence-corrected chi connectivity index (χ3v) is 5.04. The second-order valence-corrected chi connectivity index (χ2v) is 6.54. The second-order valence-electron chi connectivity index (χ2n) is 5.50. The fraction of sp³-hybridized carbons (Fsp3) is 0.667. The van der Waals surface area contributed by atoms with Gasteiger partial charge in [0.25, 0.3) is 5.91 Å². The first-order valence-electron chi connectivity index (χ1n) is 7.19. The van der Waals surface area contributed by atoms with Crippen molar-refractivity contribution in [1.29, 1.82) is 0 Å². The Morgan fingerprint density at radius 2 is 2.21 bits per heavy atom. The van der Waals surface area contributed by atoms with E-state index in [1.807, 2.05) is 11.8 Å². The average Bonchev–Trinajstić information content (AvgIpc) is 2.71. The van der Waals surface area contributed by atoms with Crippen molar-refractivity contribution in [3.8, 4) is 0 Å². The summed E-state index contributed by atoms with van der Waals surface area (Å²) in [5, 5.41) is 1.29. The van der Waals surface area contributed by atoms with E-state index in [1.165, 1.54) is 23.4 Å². The van der Waals surface area contributed by atoms with Gasteiger partial charge in [-0.3, -0.25) is 4.79 Å². The van der Waals surface area contributed by atoms with Gasteiger partial charge in [-0.05, 0) is 51.7 Å². The summed E-state index contributed by atoms with van der Waals surface area (Å²) in [6, 6.07) is 2.38. The maximum Gasteiger partial charge on any atom is 0.264 e. The molecule has 1 aliphatic heterocycles. The molecule has 0 N–H and O–H groups in total. The van der Waals surface area contributed by atoms with Gasteiger partial charge in [-0.2, -0.15) is 0 Å². The summed E-state index contributed by atoms with van der Waals surface area (Å²) in [5.41, 5.74) is 1.35. The van der Waals surface area contributed by atoms with Crippen molar-refractivity contribution in [2.75, 3.05) is 25.0 Å². The molecule has 2 heterocycles. The number of hydrogen-bond acceptors (Lipinski definition) is 3. The van der Waals surface area contributed by atoms with Crippen LogP contribution < -0.4 is 4.90 Å². The van der Waals surface area contributed by atoms with Gasteiger partial charge in [0.2, 0.25) is 0 Å². The zero-order valence-electron chi connectivity index (χ0n) is 12.4. The van der Waals surface area contributed by atoms with Gasteiger partial charge in [-0.1, -0.05) is 0 Å². The van der Waals surface area contributed by atoms with Crippen LogP contribution in [0.4, 0.5) is 5.00 Å². The van der Waals surface area contributed by atoms with E-state index in [4.69, 9.17) is 0 Å². The van der Waals surface area contributed by atoms with E-state index < -0.39 is 0 Å². The lowest BCUT2D eigenvalue weighted by molar-refractivity contribution is 0.0722. The van der Waals surface area contributed by atoms with E-state index in [0.29, 0.717) is 0 Å². The van der Waals surface area contributed by atoms with E-state index >= 15 is 0 Å². The molecule has 1 aromatic heterocycles. The van der Waals surface area contributed by atoms with Gasteiger partial charge >= 0.3 is 0 Å². The number of aryl methyl sites for hydroxylation is 1. The summed E-state index contributed by atoms with van der Waals surface area (Å²) >= 11 is 1.66. The van der Waals surface area contributed by atoms with Crippen LogP contribution in [-0.4, -0.2) is 37.0 Å². The second kappa shape index (κ2) is 5.95. The van der Waals surface area contributed by atoms with Crippen molar-refractivity contribution in [1.82, 2.24) is 4.90 Å². The van der Waals surface area contributed by atoms with E-state index in [-0.39, 0.29) is 11.9 Å². The van der Waals surface area contributed by atoms with Crippen LogP contribution in [0.5, 0.6) is 0 Å². The summed E-state index contributed by atoms with van der Waals surface area (Å²) in [4.78, 5) is 17.7. The van der Waals surface area contributed by atoms with Crippen molar-refractivity contribution < 1.29 is 4.79 Å². The Balaban J connectivity index is 2.27. The lowest BCUT2D eigenvalue weighted by atomic mass is 10.1. The van der Waals surface area contributed by atoms with Crippen LogP contribution >= 0.6 is 11.3 Å². The minimum atomic E-state index is 0.184. The Morgan fingerprint density at radius 3 is 2.84 bits per heavy atom. The monoisotopic (exact) mass is 280 g/mol. The number of anilines is 1. The molecule has 0 saturated carbocycles. The fourth-order valence-electron chi connectivity index (χ4n) is 2.68. The van der Waals surface area contributed by atoms with Gasteiger partial charge in [-0.15, -0.1) is 11.3 Å². The van der Waals surface area contributed by atoms with Gasteiger partial charge in [0.1, 0.15) is 0 Å². The Labute approximate surface area is 120 Å². The van der Waals surface area contributed by atoms with E-state index in [9.17, 15) is 4.79 Å². The maximum atomic E-state index is 12.5. The largest absolute Gasteiger partial charge is 0.366 e. The first kappa shape index (κ1) is 14.4. The zero-order valence-corrected chi connectivity index (χ0v) is 13.2. The van der Waals surface area contributed by atoms with E-state index in [0.717, 1.165) is 24.4 Å². The molecule has 0 fully saturated rings. The fourth-order valence-corrected chi connectivity index (χ4v) is 3.83. The first-order chi connectivity index (χ1) is 9.04. The van der Waals surface area contributed by atoms with Gasteiger partial charge < -0.3 is 9.80 Å². The lowest BCUT2D eigenvalue weighted by Crippen LogP contribution is -2.36. The van der Waals surface area contributed by atoms with Crippen molar-refractivity contribution in [3.05, 3.63) is 16.5 Å².